The van der Waals surface area contributed by atoms with E-state index < -0.39 is 0 Å². The maximum absolute atomic E-state index is 11.1. The molecule has 29 heavy (non-hydrogen) atoms. The van der Waals surface area contributed by atoms with Gasteiger partial charge in [0.15, 0.2) is 5.69 Å². The maximum atomic E-state index is 11.1. The SMILES string of the molecule is CC(=O)Oc1ccc(Cn2c[n+](Cc3ccccc3)cc2-c2ccccc2)cc1. The van der Waals surface area contributed by atoms with Crippen molar-refractivity contribution < 1.29 is 14.1 Å². The van der Waals surface area contributed by atoms with E-state index in [2.05, 4.69) is 70.2 Å². The molecule has 0 aliphatic carbocycles. The average Bonchev–Trinajstić information content (AvgIpc) is 3.12. The number of carbonyl (C=O) groups excluding carboxylic acids is 1. The van der Waals surface area contributed by atoms with Crippen molar-refractivity contribution in [1.82, 2.24) is 4.57 Å². The lowest BCUT2D eigenvalue weighted by atomic mass is 10.1. The first kappa shape index (κ1) is 18.7. The predicted molar refractivity (Wildman–Crippen MR) is 112 cm³/mol. The Morgan fingerprint density at radius 3 is 2.17 bits per heavy atom. The van der Waals surface area contributed by atoms with E-state index in [1.54, 1.807) is 0 Å². The zero-order valence-electron chi connectivity index (χ0n) is 16.4. The van der Waals surface area contributed by atoms with Gasteiger partial charge in [0.05, 0.1) is 0 Å². The molecular weight excluding hydrogens is 360 g/mol. The first-order valence-electron chi connectivity index (χ1n) is 9.63. The van der Waals surface area contributed by atoms with Gasteiger partial charge in [-0.2, -0.15) is 0 Å². The second-order valence-electron chi connectivity index (χ2n) is 7.02. The Morgan fingerprint density at radius 1 is 0.862 bits per heavy atom. The predicted octanol–water partition coefficient (Wildman–Crippen LogP) is 4.46. The third-order valence-electron chi connectivity index (χ3n) is 4.70. The minimum absolute atomic E-state index is 0.309. The fourth-order valence-corrected chi connectivity index (χ4v) is 3.39. The Morgan fingerprint density at radius 2 is 1.52 bits per heavy atom. The van der Waals surface area contributed by atoms with E-state index in [1.165, 1.54) is 18.1 Å². The van der Waals surface area contributed by atoms with Crippen molar-refractivity contribution >= 4 is 5.97 Å². The monoisotopic (exact) mass is 383 g/mol. The minimum atomic E-state index is -0.309. The molecule has 0 bridgehead atoms. The van der Waals surface area contributed by atoms with Gasteiger partial charge in [-0.25, -0.2) is 9.13 Å². The molecule has 0 N–H and O–H groups in total. The molecular formula is C25H23N2O2+. The fourth-order valence-electron chi connectivity index (χ4n) is 3.39. The van der Waals surface area contributed by atoms with E-state index in [0.717, 1.165) is 24.3 Å². The van der Waals surface area contributed by atoms with E-state index in [-0.39, 0.29) is 5.97 Å². The van der Waals surface area contributed by atoms with Crippen molar-refractivity contribution in [2.75, 3.05) is 0 Å². The Balaban J connectivity index is 1.63. The van der Waals surface area contributed by atoms with Crippen LogP contribution in [0.1, 0.15) is 18.1 Å². The zero-order chi connectivity index (χ0) is 20.1. The van der Waals surface area contributed by atoms with E-state index in [4.69, 9.17) is 4.74 Å². The van der Waals surface area contributed by atoms with Gasteiger partial charge in [-0.1, -0.05) is 72.8 Å². The molecule has 1 aromatic heterocycles. The van der Waals surface area contributed by atoms with Crippen LogP contribution in [-0.4, -0.2) is 10.5 Å². The summed E-state index contributed by atoms with van der Waals surface area (Å²) in [6.45, 7) is 2.96. The van der Waals surface area contributed by atoms with Gasteiger partial charge in [0.25, 0.3) is 0 Å². The molecule has 1 heterocycles. The summed E-state index contributed by atoms with van der Waals surface area (Å²) in [6.07, 6.45) is 4.34. The molecule has 0 unspecified atom stereocenters. The molecule has 4 heteroatoms. The van der Waals surface area contributed by atoms with E-state index >= 15 is 0 Å². The molecule has 0 fully saturated rings. The molecule has 4 aromatic rings. The minimum Gasteiger partial charge on any atom is -0.427 e. The van der Waals surface area contributed by atoms with Gasteiger partial charge in [-0.05, 0) is 23.3 Å². The van der Waals surface area contributed by atoms with Crippen LogP contribution in [0.4, 0.5) is 0 Å². The number of aromatic nitrogens is 2. The van der Waals surface area contributed by atoms with Crippen molar-refractivity contribution in [3.8, 4) is 17.0 Å². The Labute approximate surface area is 170 Å². The molecule has 0 aliphatic heterocycles. The van der Waals surface area contributed by atoms with Crippen molar-refractivity contribution in [3.63, 3.8) is 0 Å². The van der Waals surface area contributed by atoms with Crippen LogP contribution in [0, 0.1) is 0 Å². The largest absolute Gasteiger partial charge is 0.427 e. The van der Waals surface area contributed by atoms with Crippen LogP contribution in [0.15, 0.2) is 97.5 Å². The van der Waals surface area contributed by atoms with Gasteiger partial charge in [0, 0.05) is 12.5 Å². The van der Waals surface area contributed by atoms with Crippen LogP contribution in [0.2, 0.25) is 0 Å². The van der Waals surface area contributed by atoms with Crippen LogP contribution in [0.25, 0.3) is 11.3 Å². The molecule has 3 aromatic carbocycles. The van der Waals surface area contributed by atoms with Crippen molar-refractivity contribution in [3.05, 3.63) is 109 Å². The number of ether oxygens (including phenoxy) is 1. The number of nitrogens with zero attached hydrogens (tertiary/aromatic N) is 2. The van der Waals surface area contributed by atoms with E-state index in [0.29, 0.717) is 5.75 Å². The number of esters is 1. The van der Waals surface area contributed by atoms with Crippen molar-refractivity contribution in [2.45, 2.75) is 20.0 Å². The summed E-state index contributed by atoms with van der Waals surface area (Å²) >= 11 is 0. The fraction of sp³-hybridized carbons (Fsp3) is 0.120. The molecule has 0 radical (unpaired) electrons. The number of rotatable bonds is 6. The lowest BCUT2D eigenvalue weighted by Gasteiger charge is -2.04. The molecule has 0 saturated heterocycles. The summed E-state index contributed by atoms with van der Waals surface area (Å²) in [5, 5.41) is 0. The molecule has 144 valence electrons. The number of carbonyl (C=O) groups is 1. The van der Waals surface area contributed by atoms with Crippen LogP contribution < -0.4 is 9.30 Å². The van der Waals surface area contributed by atoms with Crippen LogP contribution in [0.3, 0.4) is 0 Å². The number of benzene rings is 3. The van der Waals surface area contributed by atoms with E-state index in [9.17, 15) is 4.79 Å². The summed E-state index contributed by atoms with van der Waals surface area (Å²) in [7, 11) is 0. The highest BCUT2D eigenvalue weighted by Gasteiger charge is 2.16. The summed E-state index contributed by atoms with van der Waals surface area (Å²) in [4.78, 5) is 11.1. The molecule has 0 atom stereocenters. The maximum Gasteiger partial charge on any atom is 0.308 e. The van der Waals surface area contributed by atoms with Gasteiger partial charge >= 0.3 is 5.97 Å². The quantitative estimate of drug-likeness (QED) is 0.280. The topological polar surface area (TPSA) is 35.1 Å². The van der Waals surface area contributed by atoms with Crippen molar-refractivity contribution in [1.29, 1.82) is 0 Å². The zero-order valence-corrected chi connectivity index (χ0v) is 16.4. The Hall–Kier alpha value is -3.66. The lowest BCUT2D eigenvalue weighted by Crippen LogP contribution is -2.31. The highest BCUT2D eigenvalue weighted by atomic mass is 16.5. The molecule has 0 saturated carbocycles. The summed E-state index contributed by atoms with van der Waals surface area (Å²) in [5.41, 5.74) is 4.74. The van der Waals surface area contributed by atoms with Gasteiger partial charge in [0.1, 0.15) is 25.0 Å². The Kier molecular flexibility index (Phi) is 5.52. The van der Waals surface area contributed by atoms with E-state index in [1.807, 2.05) is 36.4 Å². The molecule has 4 rings (SSSR count). The van der Waals surface area contributed by atoms with Crippen LogP contribution in [-0.2, 0) is 17.9 Å². The number of imidazole rings is 1. The molecule has 0 aliphatic rings. The standard InChI is InChI=1S/C25H23N2O2/c1-20(28)29-24-14-12-22(13-15-24)17-27-19-26(16-21-8-4-2-5-9-21)18-25(27)23-10-6-3-7-11-23/h2-15,18-19H,16-17H2,1H3/q+1. The van der Waals surface area contributed by atoms with Gasteiger partial charge in [-0.15, -0.1) is 0 Å². The Bertz CT molecular complexity index is 1080. The van der Waals surface area contributed by atoms with Gasteiger partial charge < -0.3 is 4.74 Å². The van der Waals surface area contributed by atoms with Crippen LogP contribution >= 0.6 is 0 Å². The van der Waals surface area contributed by atoms with Crippen LogP contribution in [0.5, 0.6) is 5.75 Å². The second kappa shape index (κ2) is 8.57. The average molecular weight is 383 g/mol. The third kappa shape index (κ3) is 4.79. The summed E-state index contributed by atoms with van der Waals surface area (Å²) in [6, 6.07) is 28.5. The molecule has 0 spiro atoms. The highest BCUT2D eigenvalue weighted by molar-refractivity contribution is 5.69. The summed E-state index contributed by atoms with van der Waals surface area (Å²) in [5.74, 6) is 0.257. The van der Waals surface area contributed by atoms with Crippen molar-refractivity contribution in [2.24, 2.45) is 0 Å². The second-order valence-corrected chi connectivity index (χ2v) is 7.02. The van der Waals surface area contributed by atoms with Gasteiger partial charge in [-0.3, -0.25) is 4.79 Å². The normalized spacial score (nSPS) is 10.7. The van der Waals surface area contributed by atoms with Gasteiger partial charge in [0.2, 0.25) is 6.33 Å². The third-order valence-corrected chi connectivity index (χ3v) is 4.70. The smallest absolute Gasteiger partial charge is 0.308 e. The molecule has 4 nitrogen and oxygen atoms in total. The first-order chi connectivity index (χ1) is 14.2. The highest BCUT2D eigenvalue weighted by Crippen LogP contribution is 2.20. The first-order valence-corrected chi connectivity index (χ1v) is 9.63. The summed E-state index contributed by atoms with van der Waals surface area (Å²) < 4.78 is 9.60. The number of hydrogen-bond donors (Lipinski definition) is 0. The molecule has 0 amide bonds. The lowest BCUT2D eigenvalue weighted by molar-refractivity contribution is -0.687. The number of hydrogen-bond acceptors (Lipinski definition) is 2.